The molecule has 4 N–H and O–H groups in total. The van der Waals surface area contributed by atoms with Gasteiger partial charge >= 0.3 is 17.9 Å². The number of aromatic nitrogens is 2. The summed E-state index contributed by atoms with van der Waals surface area (Å²) >= 11 is 0. The average molecular weight is 497 g/mol. The summed E-state index contributed by atoms with van der Waals surface area (Å²) in [4.78, 5) is 39.5. The molecule has 35 heavy (non-hydrogen) atoms. The number of hydrogen-bond donors (Lipinski definition) is 4. The van der Waals surface area contributed by atoms with Crippen molar-refractivity contribution < 1.29 is 39.2 Å². The van der Waals surface area contributed by atoms with Gasteiger partial charge in [-0.2, -0.15) is 0 Å². The summed E-state index contributed by atoms with van der Waals surface area (Å²) in [5.41, 5.74) is -1.50. The van der Waals surface area contributed by atoms with Crippen molar-refractivity contribution in [3.8, 4) is 0 Å². The van der Waals surface area contributed by atoms with Gasteiger partial charge < -0.3 is 34.3 Å². The molecule has 0 radical (unpaired) electrons. The maximum Gasteiger partial charge on any atom is 0.336 e. The summed E-state index contributed by atoms with van der Waals surface area (Å²) in [5.74, 6) is -1.97. The van der Waals surface area contributed by atoms with E-state index in [1.807, 2.05) is 26.1 Å². The van der Waals surface area contributed by atoms with E-state index in [9.17, 15) is 14.4 Å². The molecule has 0 aliphatic rings. The molecule has 196 valence electrons. The molecule has 0 amide bonds. The van der Waals surface area contributed by atoms with E-state index >= 15 is 0 Å². The van der Waals surface area contributed by atoms with E-state index in [0.717, 1.165) is 49.9 Å². The summed E-state index contributed by atoms with van der Waals surface area (Å²) < 4.78 is 7.90. The predicted octanol–water partition coefficient (Wildman–Crippen LogP) is 1.34. The van der Waals surface area contributed by atoms with Gasteiger partial charge in [0.05, 0.1) is 25.1 Å². The third-order valence-electron chi connectivity index (χ3n) is 5.24. The summed E-state index contributed by atoms with van der Waals surface area (Å²) in [6.07, 6.45) is 0.828. The minimum absolute atomic E-state index is 0.839. The van der Waals surface area contributed by atoms with Gasteiger partial charge in [-0.25, -0.2) is 9.78 Å². The van der Waals surface area contributed by atoms with Crippen molar-refractivity contribution in [1.82, 2.24) is 19.4 Å². The second-order valence-electron chi connectivity index (χ2n) is 8.71. The van der Waals surface area contributed by atoms with Crippen LogP contribution in [0.5, 0.6) is 0 Å². The number of carboxylic acid groups (broad SMARTS) is 3. The molecule has 0 saturated heterocycles. The summed E-state index contributed by atoms with van der Waals surface area (Å²) in [5, 5.41) is 33.8. The Bertz CT molecular complexity index is 966. The van der Waals surface area contributed by atoms with Crippen molar-refractivity contribution in [3.05, 3.63) is 41.4 Å². The monoisotopic (exact) mass is 496 g/mol. The first kappa shape index (κ1) is 29.8. The molecule has 2 aromatic rings. The first-order chi connectivity index (χ1) is 16.2. The Morgan fingerprint density at radius 2 is 1.63 bits per heavy atom. The molecule has 2 heterocycles. The topological polar surface area (TPSA) is 170 Å². The molecular weight excluding hydrogens is 460 g/mol. The van der Waals surface area contributed by atoms with Gasteiger partial charge in [-0.05, 0) is 53.0 Å². The molecule has 12 heteroatoms. The van der Waals surface area contributed by atoms with E-state index in [1.165, 1.54) is 5.69 Å². The second-order valence-corrected chi connectivity index (χ2v) is 8.71. The average Bonchev–Trinajstić information content (AvgIpc) is 3.26. The zero-order chi connectivity index (χ0) is 26.8. The van der Waals surface area contributed by atoms with E-state index in [1.54, 1.807) is 0 Å². The summed E-state index contributed by atoms with van der Waals surface area (Å²) in [7, 11) is 6.31. The number of imidazole rings is 1. The normalized spacial score (nSPS) is 11.4. The van der Waals surface area contributed by atoms with Crippen molar-refractivity contribution >= 4 is 17.9 Å². The molecule has 0 unspecified atom stereocenters. The largest absolute Gasteiger partial charge is 0.481 e. The molecule has 0 atom stereocenters. The van der Waals surface area contributed by atoms with Gasteiger partial charge in [-0.15, -0.1) is 0 Å². The highest BCUT2D eigenvalue weighted by Gasteiger charge is 2.40. The van der Waals surface area contributed by atoms with E-state index in [4.69, 9.17) is 24.8 Å². The highest BCUT2D eigenvalue weighted by Crippen LogP contribution is 2.16. The maximum atomic E-state index is 10.3. The van der Waals surface area contributed by atoms with Gasteiger partial charge in [0.2, 0.25) is 0 Å². The maximum absolute atomic E-state index is 10.3. The SMILES string of the molecule is Cc1ccc(CN(CCCN(C)C)Cc2cnc(C)n2C)o1.O=C(O)CC(O)(CC(=O)O)C(=O)O. The number of aliphatic hydroxyl groups is 1. The lowest BCUT2D eigenvalue weighted by Gasteiger charge is -2.22. The van der Waals surface area contributed by atoms with Gasteiger partial charge in [-0.3, -0.25) is 14.5 Å². The fourth-order valence-electron chi connectivity index (χ4n) is 3.25. The van der Waals surface area contributed by atoms with Gasteiger partial charge in [-0.1, -0.05) is 0 Å². The number of carbonyl (C=O) groups is 3. The lowest BCUT2D eigenvalue weighted by atomic mass is 9.96. The molecule has 0 aromatic carbocycles. The van der Waals surface area contributed by atoms with E-state index < -0.39 is 36.4 Å². The van der Waals surface area contributed by atoms with Gasteiger partial charge in [0.25, 0.3) is 0 Å². The Labute approximate surface area is 204 Å². The summed E-state index contributed by atoms with van der Waals surface area (Å²) in [6.45, 7) is 7.90. The lowest BCUT2D eigenvalue weighted by molar-refractivity contribution is -0.170. The Balaban J connectivity index is 0.000000405. The lowest BCUT2D eigenvalue weighted by Crippen LogP contribution is -2.42. The number of rotatable bonds is 13. The smallest absolute Gasteiger partial charge is 0.336 e. The Morgan fingerprint density at radius 3 is 2.03 bits per heavy atom. The van der Waals surface area contributed by atoms with E-state index in [2.05, 4.69) is 46.6 Å². The number of aliphatic carboxylic acids is 3. The molecule has 2 aromatic heterocycles. The second kappa shape index (κ2) is 13.6. The first-order valence-electron chi connectivity index (χ1n) is 11.0. The molecule has 2 rings (SSSR count). The molecule has 12 nitrogen and oxygen atoms in total. The number of aryl methyl sites for hydroxylation is 2. The quantitative estimate of drug-likeness (QED) is 0.315. The molecular formula is C23H36N4O8. The molecule has 0 aliphatic carbocycles. The number of carboxylic acids is 3. The zero-order valence-electron chi connectivity index (χ0n) is 20.9. The van der Waals surface area contributed by atoms with Crippen LogP contribution in [-0.2, 0) is 34.5 Å². The van der Waals surface area contributed by atoms with Crippen LogP contribution in [0.15, 0.2) is 22.7 Å². The first-order valence-corrected chi connectivity index (χ1v) is 11.0. The van der Waals surface area contributed by atoms with Gasteiger partial charge in [0.1, 0.15) is 17.3 Å². The van der Waals surface area contributed by atoms with Crippen molar-refractivity contribution in [3.63, 3.8) is 0 Å². The fourth-order valence-corrected chi connectivity index (χ4v) is 3.25. The van der Waals surface area contributed by atoms with Gasteiger partial charge in [0.15, 0.2) is 5.60 Å². The molecule has 0 aliphatic heterocycles. The minimum Gasteiger partial charge on any atom is -0.481 e. The number of hydrogen-bond acceptors (Lipinski definition) is 8. The Morgan fingerprint density at radius 1 is 1.03 bits per heavy atom. The highest BCUT2D eigenvalue weighted by atomic mass is 16.4. The number of nitrogens with zero attached hydrogens (tertiary/aromatic N) is 4. The van der Waals surface area contributed by atoms with Crippen molar-refractivity contribution in [2.24, 2.45) is 7.05 Å². The molecule has 0 fully saturated rings. The minimum atomic E-state index is -2.74. The van der Waals surface area contributed by atoms with E-state index in [0.29, 0.717) is 0 Å². The predicted molar refractivity (Wildman–Crippen MR) is 126 cm³/mol. The standard InChI is InChI=1S/C17H28N4O.C6H8O7/c1-14-7-8-17(22-14)13-21(10-6-9-19(3)4)12-16-11-18-15(2)20(16)5;7-3(8)1-6(13,5(11)12)2-4(9)10/h7-8,11H,6,9-10,12-13H2,1-5H3;13H,1-2H2,(H,7,8)(H,9,10)(H,11,12). The molecule has 0 spiro atoms. The zero-order valence-corrected chi connectivity index (χ0v) is 20.9. The summed E-state index contributed by atoms with van der Waals surface area (Å²) in [6, 6.07) is 4.10. The van der Waals surface area contributed by atoms with Crippen LogP contribution in [0.4, 0.5) is 0 Å². The highest BCUT2D eigenvalue weighted by molar-refractivity contribution is 5.88. The fraction of sp³-hybridized carbons (Fsp3) is 0.565. The van der Waals surface area contributed by atoms with E-state index in [-0.39, 0.29) is 0 Å². The van der Waals surface area contributed by atoms with Crippen molar-refractivity contribution in [1.29, 1.82) is 0 Å². The van der Waals surface area contributed by atoms with Crippen LogP contribution in [-0.4, -0.2) is 90.5 Å². The Kier molecular flexibility index (Phi) is 11.6. The third kappa shape index (κ3) is 10.7. The van der Waals surface area contributed by atoms with Gasteiger partial charge in [0, 0.05) is 26.3 Å². The van der Waals surface area contributed by atoms with Crippen LogP contribution in [0.3, 0.4) is 0 Å². The van der Waals surface area contributed by atoms with Crippen LogP contribution < -0.4 is 0 Å². The van der Waals surface area contributed by atoms with Crippen LogP contribution in [0.1, 0.15) is 42.3 Å². The van der Waals surface area contributed by atoms with Crippen LogP contribution >= 0.6 is 0 Å². The third-order valence-corrected chi connectivity index (χ3v) is 5.24. The number of furan rings is 1. The van der Waals surface area contributed by atoms with Crippen molar-refractivity contribution in [2.45, 2.75) is 51.8 Å². The Hall–Kier alpha value is -3.22. The van der Waals surface area contributed by atoms with Crippen LogP contribution in [0.25, 0.3) is 0 Å². The molecule has 0 saturated carbocycles. The molecule has 0 bridgehead atoms. The van der Waals surface area contributed by atoms with Crippen LogP contribution in [0.2, 0.25) is 0 Å². The van der Waals surface area contributed by atoms with Crippen LogP contribution in [0, 0.1) is 13.8 Å². The van der Waals surface area contributed by atoms with Crippen molar-refractivity contribution in [2.75, 3.05) is 27.2 Å².